The molecule has 3 heterocycles. The number of hydrogen-bond donors (Lipinski definition) is 1. The van der Waals surface area contributed by atoms with Crippen molar-refractivity contribution in [3.63, 3.8) is 0 Å². The van der Waals surface area contributed by atoms with Crippen LogP contribution in [0.15, 0.2) is 17.1 Å². The van der Waals surface area contributed by atoms with Gasteiger partial charge in [0.2, 0.25) is 5.91 Å². The van der Waals surface area contributed by atoms with E-state index in [4.69, 9.17) is 0 Å². The Balaban J connectivity index is 1.81. The molecule has 0 aromatic carbocycles. The van der Waals surface area contributed by atoms with Crippen molar-refractivity contribution in [1.82, 2.24) is 19.7 Å². The smallest absolute Gasteiger partial charge is 0.291 e. The third-order valence-electron chi connectivity index (χ3n) is 4.03. The summed E-state index contributed by atoms with van der Waals surface area (Å²) in [5.74, 6) is -0.150. The molecule has 3 aromatic heterocycles. The molecule has 114 valence electrons. The van der Waals surface area contributed by atoms with Crippen LogP contribution < -0.4 is 10.9 Å². The predicted octanol–water partition coefficient (Wildman–Crippen LogP) is 1.54. The molecule has 0 saturated heterocycles. The molecule has 6 nitrogen and oxygen atoms in total. The number of carbonyl (C=O) groups is 1. The third-order valence-corrected chi connectivity index (χ3v) is 5.10. The van der Waals surface area contributed by atoms with E-state index in [0.717, 1.165) is 28.4 Å². The molecule has 1 N–H and O–H groups in total. The van der Waals surface area contributed by atoms with Gasteiger partial charge in [-0.25, -0.2) is 4.68 Å². The first kappa shape index (κ1) is 13.5. The summed E-state index contributed by atoms with van der Waals surface area (Å²) >= 11 is 1.66. The zero-order valence-electron chi connectivity index (χ0n) is 12.4. The molecule has 7 heteroatoms. The summed E-state index contributed by atoms with van der Waals surface area (Å²) in [6.45, 7) is 2.02. The molecule has 1 fully saturated rings. The largest absolute Gasteiger partial charge is 0.352 e. The normalized spacial score (nSPS) is 14.8. The highest BCUT2D eigenvalue weighted by molar-refractivity contribution is 7.20. The Kier molecular flexibility index (Phi) is 2.87. The van der Waals surface area contributed by atoms with Crippen LogP contribution in [0.1, 0.15) is 17.7 Å². The summed E-state index contributed by atoms with van der Waals surface area (Å²) in [7, 11) is 1.88. The van der Waals surface area contributed by atoms with Crippen molar-refractivity contribution in [2.75, 3.05) is 0 Å². The van der Waals surface area contributed by atoms with E-state index in [-0.39, 0.29) is 24.1 Å². The summed E-state index contributed by atoms with van der Waals surface area (Å²) in [5, 5.41) is 7.92. The monoisotopic (exact) mass is 316 g/mol. The Bertz CT molecular complexity index is 961. The van der Waals surface area contributed by atoms with Gasteiger partial charge in [-0.05, 0) is 25.8 Å². The molecular formula is C15H16N4O2S. The van der Waals surface area contributed by atoms with Crippen LogP contribution in [-0.4, -0.2) is 26.3 Å². The third kappa shape index (κ3) is 2.04. The zero-order chi connectivity index (χ0) is 15.4. The lowest BCUT2D eigenvalue weighted by Gasteiger charge is -2.06. The van der Waals surface area contributed by atoms with Gasteiger partial charge in [0.1, 0.15) is 12.1 Å². The summed E-state index contributed by atoms with van der Waals surface area (Å²) in [6.07, 6.45) is 3.75. The van der Waals surface area contributed by atoms with Gasteiger partial charge in [0.05, 0.1) is 16.4 Å². The molecule has 1 aliphatic rings. The first-order valence-corrected chi connectivity index (χ1v) is 8.10. The van der Waals surface area contributed by atoms with E-state index >= 15 is 0 Å². The van der Waals surface area contributed by atoms with Crippen molar-refractivity contribution in [3.05, 3.63) is 27.5 Å². The van der Waals surface area contributed by atoms with Gasteiger partial charge in [-0.2, -0.15) is 5.10 Å². The molecule has 0 aliphatic heterocycles. The van der Waals surface area contributed by atoms with Gasteiger partial charge < -0.3 is 9.88 Å². The molecule has 22 heavy (non-hydrogen) atoms. The molecule has 1 aliphatic carbocycles. The maximum atomic E-state index is 12.6. The number of thiophene rings is 1. The molecular weight excluding hydrogens is 300 g/mol. The first-order valence-electron chi connectivity index (χ1n) is 7.28. The molecule has 4 rings (SSSR count). The Morgan fingerprint density at radius 3 is 3.00 bits per heavy atom. The Hall–Kier alpha value is -2.15. The highest BCUT2D eigenvalue weighted by atomic mass is 32.1. The van der Waals surface area contributed by atoms with Crippen molar-refractivity contribution in [2.45, 2.75) is 32.4 Å². The van der Waals surface area contributed by atoms with Crippen molar-refractivity contribution < 1.29 is 4.79 Å². The van der Waals surface area contributed by atoms with Crippen LogP contribution in [0.2, 0.25) is 0 Å². The molecule has 0 atom stereocenters. The number of aromatic nitrogens is 3. The average molecular weight is 316 g/mol. The van der Waals surface area contributed by atoms with Crippen LogP contribution in [0.4, 0.5) is 0 Å². The fourth-order valence-electron chi connectivity index (χ4n) is 2.78. The van der Waals surface area contributed by atoms with Gasteiger partial charge in [-0.15, -0.1) is 11.3 Å². The number of nitrogens with one attached hydrogen (secondary N) is 1. The SMILES string of the molecule is Cc1cc2c(s1)c1cnn(CC(=O)NC3CC3)c(=O)c1n2C. The van der Waals surface area contributed by atoms with E-state index in [1.807, 2.05) is 18.5 Å². The minimum absolute atomic E-state index is 0.0247. The van der Waals surface area contributed by atoms with Gasteiger partial charge in [-0.3, -0.25) is 9.59 Å². The molecule has 0 spiro atoms. The zero-order valence-corrected chi connectivity index (χ0v) is 13.2. The van der Waals surface area contributed by atoms with Gasteiger partial charge in [0, 0.05) is 23.4 Å². The lowest BCUT2D eigenvalue weighted by molar-refractivity contribution is -0.122. The fourth-order valence-corrected chi connectivity index (χ4v) is 3.83. The number of fused-ring (bicyclic) bond motifs is 3. The molecule has 0 radical (unpaired) electrons. The predicted molar refractivity (Wildman–Crippen MR) is 86.3 cm³/mol. The minimum Gasteiger partial charge on any atom is -0.352 e. The van der Waals surface area contributed by atoms with Crippen LogP contribution in [0.5, 0.6) is 0 Å². The van der Waals surface area contributed by atoms with Gasteiger partial charge >= 0.3 is 0 Å². The van der Waals surface area contributed by atoms with Crippen LogP contribution in [0.25, 0.3) is 21.1 Å². The Morgan fingerprint density at radius 2 is 2.27 bits per heavy atom. The second kappa shape index (κ2) is 4.67. The van der Waals surface area contributed by atoms with E-state index in [9.17, 15) is 9.59 Å². The topological polar surface area (TPSA) is 68.9 Å². The molecule has 0 unspecified atom stereocenters. The maximum absolute atomic E-state index is 12.6. The van der Waals surface area contributed by atoms with E-state index in [1.165, 1.54) is 9.56 Å². The quantitative estimate of drug-likeness (QED) is 0.797. The number of rotatable bonds is 3. The van der Waals surface area contributed by atoms with Crippen molar-refractivity contribution >= 4 is 38.4 Å². The molecule has 1 amide bonds. The van der Waals surface area contributed by atoms with Crippen molar-refractivity contribution in [2.24, 2.45) is 7.05 Å². The van der Waals surface area contributed by atoms with Crippen molar-refractivity contribution in [3.8, 4) is 0 Å². The van der Waals surface area contributed by atoms with Crippen LogP contribution in [0, 0.1) is 6.92 Å². The molecule has 1 saturated carbocycles. The number of nitrogens with zero attached hydrogens (tertiary/aromatic N) is 3. The number of carbonyl (C=O) groups excluding carboxylic acids is 1. The Morgan fingerprint density at radius 1 is 1.50 bits per heavy atom. The summed E-state index contributed by atoms with van der Waals surface area (Å²) in [6, 6.07) is 2.36. The van der Waals surface area contributed by atoms with Crippen LogP contribution in [0.3, 0.4) is 0 Å². The van der Waals surface area contributed by atoms with E-state index in [2.05, 4.69) is 16.5 Å². The number of aryl methyl sites for hydroxylation is 2. The van der Waals surface area contributed by atoms with Gasteiger partial charge in [-0.1, -0.05) is 0 Å². The highest BCUT2D eigenvalue weighted by Gasteiger charge is 2.24. The van der Waals surface area contributed by atoms with Gasteiger partial charge in [0.25, 0.3) is 5.56 Å². The van der Waals surface area contributed by atoms with E-state index in [0.29, 0.717) is 5.52 Å². The summed E-state index contributed by atoms with van der Waals surface area (Å²) < 4.78 is 4.22. The van der Waals surface area contributed by atoms with E-state index in [1.54, 1.807) is 17.5 Å². The number of amides is 1. The molecule has 0 bridgehead atoms. The fraction of sp³-hybridized carbons (Fsp3) is 0.400. The summed E-state index contributed by atoms with van der Waals surface area (Å²) in [4.78, 5) is 25.7. The van der Waals surface area contributed by atoms with Gasteiger partial charge in [0.15, 0.2) is 0 Å². The highest BCUT2D eigenvalue weighted by Crippen LogP contribution is 2.32. The minimum atomic E-state index is -0.216. The van der Waals surface area contributed by atoms with Crippen molar-refractivity contribution in [1.29, 1.82) is 0 Å². The van der Waals surface area contributed by atoms with Crippen LogP contribution in [-0.2, 0) is 18.4 Å². The number of hydrogen-bond acceptors (Lipinski definition) is 4. The molecule has 3 aromatic rings. The lowest BCUT2D eigenvalue weighted by atomic mass is 10.3. The second-order valence-electron chi connectivity index (χ2n) is 5.84. The van der Waals surface area contributed by atoms with Crippen LogP contribution >= 0.6 is 11.3 Å². The summed E-state index contributed by atoms with van der Waals surface area (Å²) in [5.41, 5.74) is 1.43. The average Bonchev–Trinajstić information content (AvgIpc) is 3.13. The standard InChI is InChI=1S/C15H16N4O2S/c1-8-5-11-14(22-8)10-6-16-19(15(21)13(10)18(11)2)7-12(20)17-9-3-4-9/h5-6,9H,3-4,7H2,1-2H3,(H,17,20). The Labute approximate surface area is 130 Å². The maximum Gasteiger partial charge on any atom is 0.291 e. The lowest BCUT2D eigenvalue weighted by Crippen LogP contribution is -2.34. The second-order valence-corrected chi connectivity index (χ2v) is 7.10. The first-order chi connectivity index (χ1) is 10.5. The van der Waals surface area contributed by atoms with E-state index < -0.39 is 0 Å².